The Morgan fingerprint density at radius 2 is 1.94 bits per heavy atom. The second-order valence-corrected chi connectivity index (χ2v) is 3.72. The SMILES string of the molecule is COC(=O)NNC(=O)COc1cc(C)ccc1C. The molecular weight excluding hydrogens is 236 g/mol. The number of hydrogen-bond donors (Lipinski definition) is 2. The lowest BCUT2D eigenvalue weighted by atomic mass is 10.1. The van der Waals surface area contributed by atoms with Crippen molar-refractivity contribution in [2.75, 3.05) is 13.7 Å². The highest BCUT2D eigenvalue weighted by molar-refractivity contribution is 5.80. The van der Waals surface area contributed by atoms with Crippen LogP contribution in [0.25, 0.3) is 0 Å². The Morgan fingerprint density at radius 1 is 1.22 bits per heavy atom. The second kappa shape index (κ2) is 6.48. The summed E-state index contributed by atoms with van der Waals surface area (Å²) in [4.78, 5) is 22.0. The Morgan fingerprint density at radius 3 is 2.61 bits per heavy atom. The number of aryl methyl sites for hydroxylation is 2. The van der Waals surface area contributed by atoms with Crippen LogP contribution in [0.3, 0.4) is 0 Å². The molecular formula is C12H16N2O4. The summed E-state index contributed by atoms with van der Waals surface area (Å²) in [5.74, 6) is 0.171. The number of carbonyl (C=O) groups excluding carboxylic acids is 2. The van der Waals surface area contributed by atoms with E-state index in [4.69, 9.17) is 4.74 Å². The number of rotatable bonds is 3. The van der Waals surface area contributed by atoms with Crippen LogP contribution in [-0.2, 0) is 9.53 Å². The van der Waals surface area contributed by atoms with Gasteiger partial charge in [0.25, 0.3) is 5.91 Å². The van der Waals surface area contributed by atoms with Crippen molar-refractivity contribution in [1.29, 1.82) is 0 Å². The van der Waals surface area contributed by atoms with Crippen molar-refractivity contribution < 1.29 is 19.1 Å². The zero-order chi connectivity index (χ0) is 13.5. The number of methoxy groups -OCH3 is 1. The van der Waals surface area contributed by atoms with Crippen LogP contribution in [0.1, 0.15) is 11.1 Å². The molecule has 0 saturated carbocycles. The van der Waals surface area contributed by atoms with Gasteiger partial charge in [-0.2, -0.15) is 0 Å². The van der Waals surface area contributed by atoms with Crippen LogP contribution in [0.15, 0.2) is 18.2 Å². The van der Waals surface area contributed by atoms with Crippen molar-refractivity contribution in [1.82, 2.24) is 10.9 Å². The van der Waals surface area contributed by atoms with Crippen LogP contribution >= 0.6 is 0 Å². The van der Waals surface area contributed by atoms with Crippen LogP contribution in [0.4, 0.5) is 4.79 Å². The van der Waals surface area contributed by atoms with E-state index >= 15 is 0 Å². The van der Waals surface area contributed by atoms with Crippen LogP contribution in [0.2, 0.25) is 0 Å². The van der Waals surface area contributed by atoms with Gasteiger partial charge in [0.05, 0.1) is 7.11 Å². The first kappa shape index (κ1) is 13.8. The average Bonchev–Trinajstić information content (AvgIpc) is 2.36. The molecule has 1 aromatic carbocycles. The number of benzene rings is 1. The smallest absolute Gasteiger partial charge is 0.425 e. The number of carbonyl (C=O) groups is 2. The second-order valence-electron chi connectivity index (χ2n) is 3.72. The fourth-order valence-corrected chi connectivity index (χ4v) is 1.21. The molecule has 6 heteroatoms. The van der Waals surface area contributed by atoms with Gasteiger partial charge in [-0.1, -0.05) is 12.1 Å². The molecule has 1 aromatic rings. The van der Waals surface area contributed by atoms with Gasteiger partial charge in [0, 0.05) is 0 Å². The first-order valence-corrected chi connectivity index (χ1v) is 5.36. The maximum Gasteiger partial charge on any atom is 0.425 e. The van der Waals surface area contributed by atoms with E-state index in [1.165, 1.54) is 7.11 Å². The maximum atomic E-state index is 11.3. The lowest BCUT2D eigenvalue weighted by molar-refractivity contribution is -0.123. The zero-order valence-electron chi connectivity index (χ0n) is 10.6. The minimum Gasteiger partial charge on any atom is -0.483 e. The molecule has 0 aromatic heterocycles. The monoisotopic (exact) mass is 252 g/mol. The van der Waals surface area contributed by atoms with Gasteiger partial charge in [-0.25, -0.2) is 10.2 Å². The number of hydrazine groups is 1. The molecule has 2 amide bonds. The van der Waals surface area contributed by atoms with Gasteiger partial charge in [-0.15, -0.1) is 0 Å². The molecule has 0 aliphatic carbocycles. The van der Waals surface area contributed by atoms with Gasteiger partial charge in [0.15, 0.2) is 6.61 Å². The topological polar surface area (TPSA) is 76.7 Å². The predicted molar refractivity (Wildman–Crippen MR) is 65.1 cm³/mol. The molecule has 2 N–H and O–H groups in total. The average molecular weight is 252 g/mol. The molecule has 6 nitrogen and oxygen atoms in total. The Balaban J connectivity index is 2.42. The largest absolute Gasteiger partial charge is 0.483 e. The summed E-state index contributed by atoms with van der Waals surface area (Å²) in [6, 6.07) is 5.71. The Bertz CT molecular complexity index is 446. The van der Waals surface area contributed by atoms with E-state index in [0.29, 0.717) is 5.75 Å². The first-order chi connectivity index (χ1) is 8.52. The van der Waals surface area contributed by atoms with Gasteiger partial charge >= 0.3 is 6.09 Å². The van der Waals surface area contributed by atoms with E-state index in [1.54, 1.807) is 0 Å². The number of nitrogens with one attached hydrogen (secondary N) is 2. The zero-order valence-corrected chi connectivity index (χ0v) is 10.6. The fourth-order valence-electron chi connectivity index (χ4n) is 1.21. The van der Waals surface area contributed by atoms with Gasteiger partial charge < -0.3 is 9.47 Å². The lowest BCUT2D eigenvalue weighted by Crippen LogP contribution is -2.43. The van der Waals surface area contributed by atoms with Crippen LogP contribution < -0.4 is 15.6 Å². The summed E-state index contributed by atoms with van der Waals surface area (Å²) in [5.41, 5.74) is 6.19. The molecule has 0 atom stereocenters. The van der Waals surface area contributed by atoms with Crippen LogP contribution in [-0.4, -0.2) is 25.7 Å². The third kappa shape index (κ3) is 4.32. The summed E-state index contributed by atoms with van der Waals surface area (Å²) in [6.45, 7) is 3.64. The molecule has 0 bridgehead atoms. The highest BCUT2D eigenvalue weighted by atomic mass is 16.5. The highest BCUT2D eigenvalue weighted by Crippen LogP contribution is 2.18. The van der Waals surface area contributed by atoms with E-state index in [1.807, 2.05) is 32.0 Å². The molecule has 0 fully saturated rings. The summed E-state index contributed by atoms with van der Waals surface area (Å²) < 4.78 is 9.63. The van der Waals surface area contributed by atoms with Crippen molar-refractivity contribution in [2.24, 2.45) is 0 Å². The molecule has 0 heterocycles. The molecule has 0 radical (unpaired) electrons. The van der Waals surface area contributed by atoms with E-state index < -0.39 is 12.0 Å². The minimum atomic E-state index is -0.741. The van der Waals surface area contributed by atoms with Crippen molar-refractivity contribution in [3.05, 3.63) is 29.3 Å². The minimum absolute atomic E-state index is 0.186. The Kier molecular flexibility index (Phi) is 4.98. The molecule has 1 rings (SSSR count). The predicted octanol–water partition coefficient (Wildman–Crippen LogP) is 1.07. The van der Waals surface area contributed by atoms with E-state index in [2.05, 4.69) is 15.6 Å². The van der Waals surface area contributed by atoms with E-state index in [9.17, 15) is 9.59 Å². The van der Waals surface area contributed by atoms with Gasteiger partial charge in [0.1, 0.15) is 5.75 Å². The third-order valence-electron chi connectivity index (χ3n) is 2.19. The third-order valence-corrected chi connectivity index (χ3v) is 2.19. The molecule has 0 unspecified atom stereocenters. The van der Waals surface area contributed by atoms with Crippen molar-refractivity contribution in [2.45, 2.75) is 13.8 Å². The van der Waals surface area contributed by atoms with Crippen molar-refractivity contribution >= 4 is 12.0 Å². The van der Waals surface area contributed by atoms with Crippen molar-refractivity contribution in [3.8, 4) is 5.75 Å². The van der Waals surface area contributed by atoms with E-state index in [0.717, 1.165) is 11.1 Å². The molecule has 18 heavy (non-hydrogen) atoms. The number of ether oxygens (including phenoxy) is 2. The molecule has 0 aliphatic rings. The molecule has 0 spiro atoms. The van der Waals surface area contributed by atoms with Crippen LogP contribution in [0, 0.1) is 13.8 Å². The maximum absolute atomic E-state index is 11.3. The normalized spacial score (nSPS) is 9.50. The van der Waals surface area contributed by atoms with Gasteiger partial charge in [-0.05, 0) is 31.0 Å². The van der Waals surface area contributed by atoms with Gasteiger partial charge in [0.2, 0.25) is 0 Å². The number of amides is 2. The summed E-state index contributed by atoms with van der Waals surface area (Å²) in [5, 5.41) is 0. The quantitative estimate of drug-likeness (QED) is 0.789. The van der Waals surface area contributed by atoms with Crippen LogP contribution in [0.5, 0.6) is 5.75 Å². The summed E-state index contributed by atoms with van der Waals surface area (Å²) in [7, 11) is 1.20. The Labute approximate surface area is 105 Å². The number of hydrogen-bond acceptors (Lipinski definition) is 4. The lowest BCUT2D eigenvalue weighted by Gasteiger charge is -2.10. The van der Waals surface area contributed by atoms with Crippen molar-refractivity contribution in [3.63, 3.8) is 0 Å². The molecule has 0 aliphatic heterocycles. The Hall–Kier alpha value is -2.24. The summed E-state index contributed by atoms with van der Waals surface area (Å²) >= 11 is 0. The highest BCUT2D eigenvalue weighted by Gasteiger charge is 2.06. The van der Waals surface area contributed by atoms with Gasteiger partial charge in [-0.3, -0.25) is 10.2 Å². The standard InChI is InChI=1S/C12H16N2O4/c1-8-4-5-9(2)10(6-8)18-7-11(15)13-14-12(16)17-3/h4-6H,7H2,1-3H3,(H,13,15)(H,14,16). The molecule has 0 saturated heterocycles. The first-order valence-electron chi connectivity index (χ1n) is 5.36. The van der Waals surface area contributed by atoms with E-state index in [-0.39, 0.29) is 6.61 Å². The molecule has 98 valence electrons. The summed E-state index contributed by atoms with van der Waals surface area (Å²) in [6.07, 6.45) is -0.741. The fraction of sp³-hybridized carbons (Fsp3) is 0.333.